The predicted octanol–water partition coefficient (Wildman–Crippen LogP) is 1.52. The second kappa shape index (κ2) is 6.12. The number of anilines is 1. The smallest absolute Gasteiger partial charge is 0.319 e. The minimum atomic E-state index is -0.398. The highest BCUT2D eigenvalue weighted by atomic mass is 16.2. The van der Waals surface area contributed by atoms with Crippen LogP contribution < -0.4 is 10.6 Å². The molecule has 4 heteroatoms. The lowest BCUT2D eigenvalue weighted by Gasteiger charge is -2.21. The molecule has 1 rings (SSSR count). The maximum atomic E-state index is 11.3. The van der Waals surface area contributed by atoms with Gasteiger partial charge in [0, 0.05) is 12.2 Å². The van der Waals surface area contributed by atoms with Gasteiger partial charge in [-0.05, 0) is 39.2 Å². The number of benzene rings is 1. The molecule has 0 heterocycles. The third kappa shape index (κ3) is 3.90. The summed E-state index contributed by atoms with van der Waals surface area (Å²) in [5, 5.41) is 0. The van der Waals surface area contributed by atoms with E-state index in [1.54, 1.807) is 4.90 Å². The summed E-state index contributed by atoms with van der Waals surface area (Å²) in [6.45, 7) is 1.59. The van der Waals surface area contributed by atoms with Crippen molar-refractivity contribution in [3.8, 4) is 0 Å². The van der Waals surface area contributed by atoms with E-state index in [2.05, 4.69) is 4.90 Å². The van der Waals surface area contributed by atoms with Gasteiger partial charge < -0.3 is 10.6 Å². The molecule has 0 bridgehead atoms. The first-order valence-electron chi connectivity index (χ1n) is 5.38. The Bertz CT molecular complexity index is 324. The molecule has 4 nitrogen and oxygen atoms in total. The minimum absolute atomic E-state index is 0.398. The molecule has 0 radical (unpaired) electrons. The van der Waals surface area contributed by atoms with Gasteiger partial charge in [0.25, 0.3) is 0 Å². The third-order valence-electron chi connectivity index (χ3n) is 2.32. The maximum Gasteiger partial charge on any atom is 0.319 e. The van der Waals surface area contributed by atoms with Crippen molar-refractivity contribution in [1.82, 2.24) is 4.90 Å². The molecule has 2 N–H and O–H groups in total. The summed E-state index contributed by atoms with van der Waals surface area (Å²) >= 11 is 0. The number of carbonyl (C=O) groups excluding carboxylic acids is 1. The van der Waals surface area contributed by atoms with Crippen molar-refractivity contribution in [3.05, 3.63) is 30.3 Å². The van der Waals surface area contributed by atoms with Gasteiger partial charge in [0.1, 0.15) is 0 Å². The van der Waals surface area contributed by atoms with E-state index in [9.17, 15) is 4.79 Å². The number of urea groups is 1. The van der Waals surface area contributed by atoms with Crippen LogP contribution in [0.3, 0.4) is 0 Å². The van der Waals surface area contributed by atoms with E-state index in [1.165, 1.54) is 0 Å². The van der Waals surface area contributed by atoms with E-state index in [4.69, 9.17) is 5.73 Å². The Morgan fingerprint density at radius 3 is 2.31 bits per heavy atom. The number of primary amides is 1. The molecule has 0 aliphatic heterocycles. The van der Waals surface area contributed by atoms with Crippen LogP contribution in [0.1, 0.15) is 6.42 Å². The molecule has 0 aliphatic carbocycles. The summed E-state index contributed by atoms with van der Waals surface area (Å²) in [7, 11) is 4.02. The first-order chi connectivity index (χ1) is 7.61. The van der Waals surface area contributed by atoms with E-state index in [0.29, 0.717) is 6.54 Å². The van der Waals surface area contributed by atoms with Crippen molar-refractivity contribution in [3.63, 3.8) is 0 Å². The number of hydrogen-bond acceptors (Lipinski definition) is 2. The lowest BCUT2D eigenvalue weighted by molar-refractivity contribution is 0.253. The molecule has 0 atom stereocenters. The molecular formula is C12H19N3O. The Labute approximate surface area is 96.6 Å². The van der Waals surface area contributed by atoms with Crippen molar-refractivity contribution >= 4 is 11.7 Å². The van der Waals surface area contributed by atoms with Crippen molar-refractivity contribution in [1.29, 1.82) is 0 Å². The fraction of sp³-hybridized carbons (Fsp3) is 0.417. The van der Waals surface area contributed by atoms with Gasteiger partial charge in [0.2, 0.25) is 0 Å². The van der Waals surface area contributed by atoms with Crippen molar-refractivity contribution in [2.75, 3.05) is 32.1 Å². The Hall–Kier alpha value is -1.55. The Balaban J connectivity index is 2.59. The fourth-order valence-electron chi connectivity index (χ4n) is 1.52. The molecular weight excluding hydrogens is 202 g/mol. The molecule has 0 aromatic heterocycles. The van der Waals surface area contributed by atoms with Crippen molar-refractivity contribution in [2.24, 2.45) is 5.73 Å². The van der Waals surface area contributed by atoms with Crippen molar-refractivity contribution in [2.45, 2.75) is 6.42 Å². The third-order valence-corrected chi connectivity index (χ3v) is 2.32. The number of rotatable bonds is 5. The number of nitrogens with two attached hydrogens (primary N) is 1. The highest BCUT2D eigenvalue weighted by molar-refractivity contribution is 5.90. The van der Waals surface area contributed by atoms with Crippen LogP contribution in [0, 0.1) is 0 Å². The minimum Gasteiger partial charge on any atom is -0.351 e. The average Bonchev–Trinajstić information content (AvgIpc) is 2.25. The van der Waals surface area contributed by atoms with E-state index >= 15 is 0 Å². The largest absolute Gasteiger partial charge is 0.351 e. The molecule has 0 fully saturated rings. The molecule has 2 amide bonds. The van der Waals surface area contributed by atoms with E-state index in [-0.39, 0.29) is 0 Å². The van der Waals surface area contributed by atoms with Crippen LogP contribution in [0.2, 0.25) is 0 Å². The topological polar surface area (TPSA) is 49.6 Å². The number of nitrogens with zero attached hydrogens (tertiary/aromatic N) is 2. The van der Waals surface area contributed by atoms with Gasteiger partial charge in [-0.3, -0.25) is 4.90 Å². The maximum absolute atomic E-state index is 11.3. The number of amides is 2. The molecule has 0 saturated heterocycles. The normalized spacial score (nSPS) is 10.4. The lowest BCUT2D eigenvalue weighted by Crippen LogP contribution is -2.37. The SMILES string of the molecule is CN(C)CCCN(C(N)=O)c1ccccc1. The van der Waals surface area contributed by atoms with Gasteiger partial charge in [0.05, 0.1) is 0 Å². The summed E-state index contributed by atoms with van der Waals surface area (Å²) in [6, 6.07) is 9.10. The monoisotopic (exact) mass is 221 g/mol. The van der Waals surface area contributed by atoms with Gasteiger partial charge in [0.15, 0.2) is 0 Å². The molecule has 0 aliphatic rings. The highest BCUT2D eigenvalue weighted by Gasteiger charge is 2.10. The fourth-order valence-corrected chi connectivity index (χ4v) is 1.52. The van der Waals surface area contributed by atoms with Gasteiger partial charge >= 0.3 is 6.03 Å². The number of hydrogen-bond donors (Lipinski definition) is 1. The lowest BCUT2D eigenvalue weighted by atomic mass is 10.2. The van der Waals surface area contributed by atoms with Gasteiger partial charge in [-0.1, -0.05) is 18.2 Å². The average molecular weight is 221 g/mol. The van der Waals surface area contributed by atoms with Gasteiger partial charge in [-0.15, -0.1) is 0 Å². The van der Waals surface area contributed by atoms with Crippen LogP contribution in [0.4, 0.5) is 10.5 Å². The van der Waals surface area contributed by atoms with E-state index in [0.717, 1.165) is 18.7 Å². The van der Waals surface area contributed by atoms with E-state index in [1.807, 2.05) is 44.4 Å². The summed E-state index contributed by atoms with van der Waals surface area (Å²) < 4.78 is 0. The Morgan fingerprint density at radius 1 is 1.19 bits per heavy atom. The molecule has 1 aromatic carbocycles. The van der Waals surface area contributed by atoms with Gasteiger partial charge in [-0.2, -0.15) is 0 Å². The van der Waals surface area contributed by atoms with Gasteiger partial charge in [-0.25, -0.2) is 4.79 Å². The van der Waals surface area contributed by atoms with Crippen LogP contribution in [0.5, 0.6) is 0 Å². The van der Waals surface area contributed by atoms with Crippen LogP contribution in [-0.4, -0.2) is 38.1 Å². The van der Waals surface area contributed by atoms with Crippen LogP contribution in [0.15, 0.2) is 30.3 Å². The standard InChI is InChI=1S/C12H19N3O/c1-14(2)9-6-10-15(12(13)16)11-7-4-3-5-8-11/h3-5,7-8H,6,9-10H2,1-2H3,(H2,13,16). The molecule has 0 spiro atoms. The molecule has 88 valence electrons. The first kappa shape index (κ1) is 12.5. The highest BCUT2D eigenvalue weighted by Crippen LogP contribution is 2.13. The van der Waals surface area contributed by atoms with Crippen molar-refractivity contribution < 1.29 is 4.79 Å². The number of para-hydroxylation sites is 1. The summed E-state index contributed by atoms with van der Waals surface area (Å²) in [5.74, 6) is 0. The summed E-state index contributed by atoms with van der Waals surface area (Å²) in [6.07, 6.45) is 0.908. The quantitative estimate of drug-likeness (QED) is 0.819. The summed E-state index contributed by atoms with van der Waals surface area (Å²) in [5.41, 5.74) is 6.21. The Morgan fingerprint density at radius 2 is 1.81 bits per heavy atom. The molecule has 16 heavy (non-hydrogen) atoms. The van der Waals surface area contributed by atoms with E-state index < -0.39 is 6.03 Å². The summed E-state index contributed by atoms with van der Waals surface area (Å²) in [4.78, 5) is 15.0. The zero-order chi connectivity index (χ0) is 12.0. The second-order valence-corrected chi connectivity index (χ2v) is 3.98. The second-order valence-electron chi connectivity index (χ2n) is 3.98. The predicted molar refractivity (Wildman–Crippen MR) is 66.5 cm³/mol. The first-order valence-corrected chi connectivity index (χ1v) is 5.38. The van der Waals surface area contributed by atoms with Crippen LogP contribution >= 0.6 is 0 Å². The molecule has 1 aromatic rings. The van der Waals surface area contributed by atoms with Crippen LogP contribution in [-0.2, 0) is 0 Å². The molecule has 0 unspecified atom stereocenters. The number of carbonyl (C=O) groups is 1. The molecule has 0 saturated carbocycles. The van der Waals surface area contributed by atoms with Crippen LogP contribution in [0.25, 0.3) is 0 Å². The zero-order valence-electron chi connectivity index (χ0n) is 9.89. The zero-order valence-corrected chi connectivity index (χ0v) is 9.89. The Kier molecular flexibility index (Phi) is 4.79.